The molecule has 63 heavy (non-hydrogen) atoms. The summed E-state index contributed by atoms with van der Waals surface area (Å²) in [6.45, 7) is 24.0. The van der Waals surface area contributed by atoms with E-state index >= 15 is 0 Å². The number of nitrogens with zero attached hydrogens (tertiary/aromatic N) is 2. The molecule has 0 bridgehead atoms. The van der Waals surface area contributed by atoms with E-state index in [-0.39, 0.29) is 33.8 Å². The zero-order chi connectivity index (χ0) is 44.8. The number of benzene rings is 1. The summed E-state index contributed by atoms with van der Waals surface area (Å²) in [5.74, 6) is 8.94. The predicted molar refractivity (Wildman–Crippen MR) is 258 cm³/mol. The van der Waals surface area contributed by atoms with Crippen LogP contribution >= 0.6 is 0 Å². The highest BCUT2D eigenvalue weighted by molar-refractivity contribution is 8.00. The van der Waals surface area contributed by atoms with Gasteiger partial charge in [0.15, 0.2) is 0 Å². The van der Waals surface area contributed by atoms with Gasteiger partial charge in [0.2, 0.25) is 5.88 Å². The number of allylic oxidation sites excluding steroid dienone is 5. The molecule has 4 saturated carbocycles. The highest BCUT2D eigenvalue weighted by Gasteiger charge is 2.70. The molecule has 5 fully saturated rings. The number of pyridine rings is 1. The number of methoxy groups -OCH3 is 1. The standard InChI is InChI=1S/C54H77N3O5S/c1-36(2)40-16-24-54(56-28-29-57-30-32-63(9,60)33-31-57)26-25-51(6)43(46(40)54)12-13-45-50(5)20-17-42(49(3,4)44(50)18-21-52(45,51)7)38-14-22-53(23-15-38,48(58)59)35-62-47-41-34-39(61-8)11-10-37(41)19-27-55-47/h10-11,14,17,19,27,34,40,43-46,56H,1,9,12-13,15-16,18,20-26,28-33,35H2,2-8H3,(H,58,59)/t40-,43+,44-,45+,46+,50-,51+,52+,53?,54-/m0/s1. The molecule has 9 heteroatoms. The molecule has 1 aromatic heterocycles. The van der Waals surface area contributed by atoms with Gasteiger partial charge in [0, 0.05) is 54.8 Å². The maximum atomic E-state index is 13.1. The average Bonchev–Trinajstić information content (AvgIpc) is 3.63. The Kier molecular flexibility index (Phi) is 11.5. The molecule has 8 nitrogen and oxygen atoms in total. The van der Waals surface area contributed by atoms with Crippen LogP contribution in [0.2, 0.25) is 0 Å². The number of rotatable bonds is 11. The van der Waals surface area contributed by atoms with Crippen LogP contribution in [0, 0.1) is 56.7 Å². The van der Waals surface area contributed by atoms with Crippen molar-refractivity contribution in [1.82, 2.24) is 15.2 Å². The van der Waals surface area contributed by atoms with E-state index in [4.69, 9.17) is 9.47 Å². The third kappa shape index (κ3) is 7.26. The summed E-state index contributed by atoms with van der Waals surface area (Å²) in [4.78, 5) is 20.1. The molecule has 1 saturated heterocycles. The van der Waals surface area contributed by atoms with Crippen molar-refractivity contribution in [2.45, 2.75) is 124 Å². The lowest BCUT2D eigenvalue weighted by Crippen LogP contribution is -2.68. The lowest BCUT2D eigenvalue weighted by Gasteiger charge is -2.72. The van der Waals surface area contributed by atoms with Crippen LogP contribution in [0.25, 0.3) is 10.8 Å². The maximum Gasteiger partial charge on any atom is 0.313 e. The third-order valence-corrected chi connectivity index (χ3v) is 21.8. The van der Waals surface area contributed by atoms with Crippen molar-refractivity contribution in [3.63, 3.8) is 0 Å². The fourth-order valence-corrected chi connectivity index (χ4v) is 17.6. The molecule has 2 N–H and O–H groups in total. The van der Waals surface area contributed by atoms with Crippen molar-refractivity contribution < 1.29 is 23.6 Å². The van der Waals surface area contributed by atoms with E-state index in [0.29, 0.717) is 54.1 Å². The molecule has 1 aliphatic heterocycles. The smallest absolute Gasteiger partial charge is 0.313 e. The first-order chi connectivity index (χ1) is 29.8. The maximum absolute atomic E-state index is 13.1. The van der Waals surface area contributed by atoms with Crippen LogP contribution in [0.4, 0.5) is 0 Å². The second-order valence-electron chi connectivity index (χ2n) is 23.0. The molecule has 1 aromatic carbocycles. The number of fused-ring (bicyclic) bond motifs is 8. The first-order valence-corrected chi connectivity index (χ1v) is 26.5. The van der Waals surface area contributed by atoms with E-state index in [2.05, 4.69) is 81.3 Å². The molecule has 0 spiro atoms. The minimum Gasteiger partial charge on any atom is -0.497 e. The fourth-order valence-electron chi connectivity index (χ4n) is 16.2. The van der Waals surface area contributed by atoms with Crippen LogP contribution in [-0.2, 0) is 14.3 Å². The van der Waals surface area contributed by atoms with Crippen LogP contribution in [-0.4, -0.2) is 88.0 Å². The second-order valence-corrected chi connectivity index (χ2v) is 25.8. The number of carboxylic acid groups (broad SMARTS) is 1. The Morgan fingerprint density at radius 1 is 0.952 bits per heavy atom. The van der Waals surface area contributed by atoms with Crippen molar-refractivity contribution >= 4 is 32.1 Å². The largest absolute Gasteiger partial charge is 0.497 e. The number of nitrogens with one attached hydrogen (secondary N) is 1. The first-order valence-electron chi connectivity index (χ1n) is 24.5. The molecule has 2 heterocycles. The van der Waals surface area contributed by atoms with Gasteiger partial charge in [-0.25, -0.2) is 4.98 Å². The zero-order valence-electron chi connectivity index (χ0n) is 39.7. The van der Waals surface area contributed by atoms with Gasteiger partial charge in [-0.3, -0.25) is 9.00 Å². The second kappa shape index (κ2) is 16.0. The van der Waals surface area contributed by atoms with E-state index in [0.717, 1.165) is 61.3 Å². The number of carboxylic acids is 1. The highest BCUT2D eigenvalue weighted by atomic mass is 32.2. The number of hydrogen-bond donors (Lipinski definition) is 2. The molecule has 1 unspecified atom stereocenters. The normalized spacial score (nSPS) is 39.4. The van der Waals surface area contributed by atoms with Gasteiger partial charge in [0.1, 0.15) is 17.8 Å². The van der Waals surface area contributed by atoms with Gasteiger partial charge in [0.25, 0.3) is 0 Å². The van der Waals surface area contributed by atoms with Gasteiger partial charge in [-0.1, -0.05) is 65.0 Å². The Morgan fingerprint density at radius 2 is 1.73 bits per heavy atom. The van der Waals surface area contributed by atoms with Gasteiger partial charge in [0.05, 0.1) is 7.11 Å². The molecule has 0 radical (unpaired) electrons. The van der Waals surface area contributed by atoms with E-state index in [1.54, 1.807) is 13.3 Å². The topological polar surface area (TPSA) is 101 Å². The molecule has 9 rings (SSSR count). The van der Waals surface area contributed by atoms with Gasteiger partial charge in [-0.15, -0.1) is 0 Å². The van der Waals surface area contributed by atoms with Crippen molar-refractivity contribution in [2.24, 2.45) is 56.7 Å². The number of aliphatic carboxylic acids is 1. The summed E-state index contributed by atoms with van der Waals surface area (Å²) in [7, 11) is -0.242. The molecular weight excluding hydrogens is 803 g/mol. The van der Waals surface area contributed by atoms with Gasteiger partial charge in [-0.05, 0) is 185 Å². The molecular formula is C54H77N3O5S. The number of hydrogen-bond acceptors (Lipinski definition) is 7. The summed E-state index contributed by atoms with van der Waals surface area (Å²) in [5, 5.41) is 16.8. The molecule has 6 aliphatic carbocycles. The van der Waals surface area contributed by atoms with Gasteiger partial charge >= 0.3 is 5.97 Å². The Morgan fingerprint density at radius 3 is 2.43 bits per heavy atom. The minimum atomic E-state index is -1.88. The lowest BCUT2D eigenvalue weighted by atomic mass is 9.33. The molecule has 7 aliphatic rings. The lowest BCUT2D eigenvalue weighted by molar-refractivity contribution is -0.221. The number of aromatic nitrogens is 1. The van der Waals surface area contributed by atoms with E-state index in [1.807, 2.05) is 24.3 Å². The Bertz CT molecular complexity index is 2300. The molecule has 2 aromatic rings. The van der Waals surface area contributed by atoms with Crippen molar-refractivity contribution in [2.75, 3.05) is 51.4 Å². The average molecular weight is 880 g/mol. The summed E-state index contributed by atoms with van der Waals surface area (Å²) in [6.07, 6.45) is 19.6. The highest BCUT2D eigenvalue weighted by Crippen LogP contribution is 2.76. The summed E-state index contributed by atoms with van der Waals surface area (Å²) in [6, 6.07) is 7.74. The van der Waals surface area contributed by atoms with Crippen LogP contribution in [0.3, 0.4) is 0 Å². The quantitative estimate of drug-likeness (QED) is 0.170. The summed E-state index contributed by atoms with van der Waals surface area (Å²) >= 11 is 0. The van der Waals surface area contributed by atoms with Crippen molar-refractivity contribution in [3.8, 4) is 11.6 Å². The van der Waals surface area contributed by atoms with Crippen molar-refractivity contribution in [3.05, 3.63) is 65.9 Å². The fraction of sp³-hybridized carbons (Fsp3) is 0.685. The van der Waals surface area contributed by atoms with Gasteiger partial charge < -0.3 is 24.8 Å². The third-order valence-electron chi connectivity index (χ3n) is 19.9. The Hall–Kier alpha value is -3.14. The van der Waals surface area contributed by atoms with Crippen LogP contribution in [0.15, 0.2) is 65.9 Å². The van der Waals surface area contributed by atoms with Crippen LogP contribution in [0.5, 0.6) is 11.6 Å². The Balaban J connectivity index is 0.927. The monoisotopic (exact) mass is 880 g/mol. The summed E-state index contributed by atoms with van der Waals surface area (Å²) < 4.78 is 24.3. The van der Waals surface area contributed by atoms with Crippen LogP contribution < -0.4 is 14.8 Å². The molecule has 0 amide bonds. The molecule has 10 atom stereocenters. The zero-order valence-corrected chi connectivity index (χ0v) is 40.5. The minimum absolute atomic E-state index is 0.00972. The summed E-state index contributed by atoms with van der Waals surface area (Å²) in [5.41, 5.74) is 4.10. The van der Waals surface area contributed by atoms with E-state index in [1.165, 1.54) is 68.1 Å². The number of carbonyl (C=O) groups is 1. The SMILES string of the molecule is C=C(C)[C@@H]1CC[C@]2(NCCN3CCS(=C)(=O)CC3)CC[C@]3(C)[C@H](CC[C@@H]4[C@@]5(C)CC=C(C6=CCC(COc7nccc8ccc(OC)cc78)(C(=O)O)CC6)C(C)(C)[C@@H]5CC[C@]43C)[C@@H]12. The first kappa shape index (κ1) is 45.0. The Labute approximate surface area is 379 Å². The van der Waals surface area contributed by atoms with Gasteiger partial charge in [-0.2, -0.15) is 0 Å². The number of ether oxygens (including phenoxy) is 2. The van der Waals surface area contributed by atoms with E-state index in [9.17, 15) is 14.1 Å². The molecule has 344 valence electrons. The van der Waals surface area contributed by atoms with E-state index < -0.39 is 20.9 Å². The van der Waals surface area contributed by atoms with Crippen molar-refractivity contribution in [1.29, 1.82) is 0 Å². The van der Waals surface area contributed by atoms with Crippen LogP contribution in [0.1, 0.15) is 119 Å². The predicted octanol–water partition coefficient (Wildman–Crippen LogP) is 10.4.